The van der Waals surface area contributed by atoms with Gasteiger partial charge in [0.1, 0.15) is 17.2 Å². The highest BCUT2D eigenvalue weighted by Gasteiger charge is 2.35. The topological polar surface area (TPSA) is 62.6 Å². The Labute approximate surface area is 171 Å². The van der Waals surface area contributed by atoms with Crippen LogP contribution in [0.1, 0.15) is 11.3 Å². The smallest absolute Gasteiger partial charge is 0.333 e. The van der Waals surface area contributed by atoms with E-state index in [4.69, 9.17) is 27.6 Å². The van der Waals surface area contributed by atoms with Crippen molar-refractivity contribution in [3.63, 3.8) is 0 Å². The molecule has 1 N–H and O–H groups in total. The van der Waals surface area contributed by atoms with Gasteiger partial charge in [-0.05, 0) is 61.0 Å². The van der Waals surface area contributed by atoms with Gasteiger partial charge in [0, 0.05) is 21.7 Å². The van der Waals surface area contributed by atoms with Crippen LogP contribution in [-0.2, 0) is 4.79 Å². The van der Waals surface area contributed by atoms with Crippen molar-refractivity contribution < 1.29 is 14.0 Å². The van der Waals surface area contributed by atoms with Crippen LogP contribution in [-0.4, -0.2) is 11.9 Å². The van der Waals surface area contributed by atoms with Crippen LogP contribution in [0.3, 0.4) is 0 Å². The van der Waals surface area contributed by atoms with Gasteiger partial charge in [0.2, 0.25) is 0 Å². The van der Waals surface area contributed by atoms with Gasteiger partial charge in [0.15, 0.2) is 0 Å². The number of nitrogens with zero attached hydrogens (tertiary/aromatic N) is 1. The minimum Gasteiger partial charge on any atom is -0.457 e. The van der Waals surface area contributed by atoms with E-state index in [1.165, 1.54) is 6.08 Å². The normalized spacial score (nSPS) is 15.4. The van der Waals surface area contributed by atoms with Gasteiger partial charge in [-0.15, -0.1) is 0 Å². The molecule has 5 nitrogen and oxygen atoms in total. The number of aryl methyl sites for hydroxylation is 1. The van der Waals surface area contributed by atoms with E-state index in [1.54, 1.807) is 36.4 Å². The Morgan fingerprint density at radius 3 is 2.43 bits per heavy atom. The molecule has 0 spiro atoms. The van der Waals surface area contributed by atoms with Crippen molar-refractivity contribution in [1.82, 2.24) is 5.32 Å². The number of nitrogens with one attached hydrogen (secondary N) is 1. The number of carbonyl (C=O) groups excluding carboxylic acids is 2. The predicted molar refractivity (Wildman–Crippen MR) is 109 cm³/mol. The summed E-state index contributed by atoms with van der Waals surface area (Å²) in [6, 6.07) is 15.0. The Morgan fingerprint density at radius 2 is 1.68 bits per heavy atom. The Bertz CT molecular complexity index is 1120. The van der Waals surface area contributed by atoms with Gasteiger partial charge < -0.3 is 9.73 Å². The summed E-state index contributed by atoms with van der Waals surface area (Å²) in [6.45, 7) is 1.96. The number of imide groups is 1. The fraction of sp³-hybridized carbons (Fsp3) is 0.0476. The Kier molecular flexibility index (Phi) is 4.71. The molecule has 2 heterocycles. The number of anilines is 1. The average molecular weight is 413 g/mol. The van der Waals surface area contributed by atoms with Crippen molar-refractivity contribution in [2.45, 2.75) is 6.92 Å². The minimum atomic E-state index is -0.531. The lowest BCUT2D eigenvalue weighted by atomic mass is 10.1. The third-order valence-electron chi connectivity index (χ3n) is 4.34. The lowest BCUT2D eigenvalue weighted by Crippen LogP contribution is -2.30. The molecule has 3 amide bonds. The summed E-state index contributed by atoms with van der Waals surface area (Å²) in [6.07, 6.45) is 1.50. The lowest BCUT2D eigenvalue weighted by molar-refractivity contribution is -0.113. The zero-order valence-electron chi connectivity index (χ0n) is 14.7. The number of urea groups is 1. The minimum absolute atomic E-state index is 0.128. The second-order valence-corrected chi connectivity index (χ2v) is 7.14. The number of furan rings is 1. The van der Waals surface area contributed by atoms with E-state index in [0.717, 1.165) is 16.0 Å². The molecule has 2 aromatic carbocycles. The van der Waals surface area contributed by atoms with Gasteiger partial charge in [-0.3, -0.25) is 4.79 Å². The first kappa shape index (κ1) is 18.3. The van der Waals surface area contributed by atoms with E-state index in [0.29, 0.717) is 27.3 Å². The monoisotopic (exact) mass is 412 g/mol. The summed E-state index contributed by atoms with van der Waals surface area (Å²) < 4.78 is 5.83. The average Bonchev–Trinajstić information content (AvgIpc) is 3.23. The van der Waals surface area contributed by atoms with Crippen LogP contribution in [0, 0.1) is 6.92 Å². The Morgan fingerprint density at radius 1 is 0.964 bits per heavy atom. The molecule has 0 saturated carbocycles. The van der Waals surface area contributed by atoms with Crippen LogP contribution in [0.25, 0.3) is 17.4 Å². The molecule has 1 aliphatic heterocycles. The summed E-state index contributed by atoms with van der Waals surface area (Å²) >= 11 is 11.9. The summed E-state index contributed by atoms with van der Waals surface area (Å²) in [7, 11) is 0. The molecule has 140 valence electrons. The van der Waals surface area contributed by atoms with Crippen LogP contribution in [0.4, 0.5) is 10.5 Å². The maximum absolute atomic E-state index is 12.7. The molecule has 3 aromatic rings. The van der Waals surface area contributed by atoms with Crippen LogP contribution < -0.4 is 10.2 Å². The zero-order chi connectivity index (χ0) is 19.8. The highest BCUT2D eigenvalue weighted by molar-refractivity contribution is 6.31. The summed E-state index contributed by atoms with van der Waals surface area (Å²) in [5.41, 5.74) is 2.44. The first-order valence-corrected chi connectivity index (χ1v) is 9.17. The Hall–Kier alpha value is -3.02. The van der Waals surface area contributed by atoms with Crippen LogP contribution in [0.2, 0.25) is 10.0 Å². The quantitative estimate of drug-likeness (QED) is 0.445. The third-order valence-corrected chi connectivity index (χ3v) is 4.83. The van der Waals surface area contributed by atoms with Crippen molar-refractivity contribution in [3.8, 4) is 11.3 Å². The molecular formula is C21H14Cl2N2O3. The number of hydrogen-bond acceptors (Lipinski definition) is 3. The van der Waals surface area contributed by atoms with Crippen molar-refractivity contribution in [2.24, 2.45) is 0 Å². The second-order valence-electron chi connectivity index (χ2n) is 6.27. The molecule has 0 radical (unpaired) electrons. The Balaban J connectivity index is 1.62. The summed E-state index contributed by atoms with van der Waals surface area (Å²) in [4.78, 5) is 26.0. The van der Waals surface area contributed by atoms with Gasteiger partial charge in [-0.25, -0.2) is 9.69 Å². The third kappa shape index (κ3) is 3.42. The van der Waals surface area contributed by atoms with Gasteiger partial charge in [0.25, 0.3) is 5.91 Å². The maximum atomic E-state index is 12.7. The number of amides is 3. The largest absolute Gasteiger partial charge is 0.457 e. The molecule has 0 aliphatic carbocycles. The molecule has 1 fully saturated rings. The molecule has 1 aliphatic rings. The summed E-state index contributed by atoms with van der Waals surface area (Å²) in [5.74, 6) is 0.596. The number of rotatable bonds is 3. The number of carbonyl (C=O) groups is 2. The molecule has 4 rings (SSSR count). The van der Waals surface area contributed by atoms with Gasteiger partial charge in [0.05, 0.1) is 5.69 Å². The standard InChI is InChI=1S/C21H14Cl2N2O3/c1-12-2-3-14(23)10-17(12)19-9-8-16(28-19)11-18-20(26)25(21(27)24-18)15-6-4-13(22)5-7-15/h2-11H,1H3,(H,24,27)/b18-11+. The lowest BCUT2D eigenvalue weighted by Gasteiger charge is -2.11. The molecule has 0 atom stereocenters. The van der Waals surface area contributed by atoms with Gasteiger partial charge >= 0.3 is 6.03 Å². The first-order valence-electron chi connectivity index (χ1n) is 8.41. The van der Waals surface area contributed by atoms with Crippen molar-refractivity contribution in [1.29, 1.82) is 0 Å². The van der Waals surface area contributed by atoms with Crippen molar-refractivity contribution in [2.75, 3.05) is 4.90 Å². The molecule has 7 heteroatoms. The predicted octanol–water partition coefficient (Wildman–Crippen LogP) is 5.66. The second kappa shape index (κ2) is 7.19. The van der Waals surface area contributed by atoms with Crippen LogP contribution >= 0.6 is 23.2 Å². The van der Waals surface area contributed by atoms with E-state index in [1.807, 2.05) is 25.1 Å². The highest BCUT2D eigenvalue weighted by atomic mass is 35.5. The molecular weight excluding hydrogens is 399 g/mol. The molecule has 1 aromatic heterocycles. The first-order chi connectivity index (χ1) is 13.4. The van der Waals surface area contributed by atoms with E-state index < -0.39 is 11.9 Å². The van der Waals surface area contributed by atoms with Gasteiger partial charge in [-0.2, -0.15) is 0 Å². The van der Waals surface area contributed by atoms with Crippen molar-refractivity contribution >= 4 is 46.9 Å². The van der Waals surface area contributed by atoms with Crippen molar-refractivity contribution in [3.05, 3.63) is 81.7 Å². The SMILES string of the molecule is Cc1ccc(Cl)cc1-c1ccc(/C=C2/NC(=O)N(c3ccc(Cl)cc3)C2=O)o1. The fourth-order valence-electron chi connectivity index (χ4n) is 2.94. The summed E-state index contributed by atoms with van der Waals surface area (Å²) in [5, 5.41) is 3.69. The van der Waals surface area contributed by atoms with E-state index >= 15 is 0 Å². The number of halogens is 2. The van der Waals surface area contributed by atoms with E-state index in [2.05, 4.69) is 5.32 Å². The molecule has 1 saturated heterocycles. The fourth-order valence-corrected chi connectivity index (χ4v) is 3.23. The molecule has 0 unspecified atom stereocenters. The maximum Gasteiger partial charge on any atom is 0.333 e. The van der Waals surface area contributed by atoms with Crippen LogP contribution in [0.5, 0.6) is 0 Å². The number of benzene rings is 2. The van der Waals surface area contributed by atoms with Gasteiger partial charge in [-0.1, -0.05) is 29.3 Å². The van der Waals surface area contributed by atoms with E-state index in [-0.39, 0.29) is 5.70 Å². The molecule has 28 heavy (non-hydrogen) atoms. The molecule has 0 bridgehead atoms. The zero-order valence-corrected chi connectivity index (χ0v) is 16.2. The van der Waals surface area contributed by atoms with E-state index in [9.17, 15) is 9.59 Å². The highest BCUT2D eigenvalue weighted by Crippen LogP contribution is 2.30. The van der Waals surface area contributed by atoms with Crippen LogP contribution in [0.15, 0.2) is 64.7 Å². The number of hydrogen-bond donors (Lipinski definition) is 1.